The quantitative estimate of drug-likeness (QED) is 0.631. The van der Waals surface area contributed by atoms with E-state index in [0.717, 1.165) is 12.1 Å². The summed E-state index contributed by atoms with van der Waals surface area (Å²) in [6, 6.07) is 2.69. The van der Waals surface area contributed by atoms with E-state index in [-0.39, 0.29) is 16.2 Å². The predicted molar refractivity (Wildman–Crippen MR) is 82.8 cm³/mol. The van der Waals surface area contributed by atoms with Crippen molar-refractivity contribution in [2.24, 2.45) is 0 Å². The fourth-order valence-corrected chi connectivity index (χ4v) is 7.58. The zero-order valence-corrected chi connectivity index (χ0v) is 13.8. The minimum absolute atomic E-state index is 0.0265. The van der Waals surface area contributed by atoms with Gasteiger partial charge in [-0.1, -0.05) is 6.08 Å². The molecule has 2 atom stereocenters. The smallest absolute Gasteiger partial charge is 0.184 e. The number of nitrogens with one attached hydrogen (secondary N) is 1. The average Bonchev–Trinajstić information content (AvgIpc) is 2.72. The maximum Gasteiger partial charge on any atom is 0.184 e. The Morgan fingerprint density at radius 1 is 1.41 bits per heavy atom. The molecule has 0 saturated carbocycles. The molecule has 0 bridgehead atoms. The van der Waals surface area contributed by atoms with Crippen LogP contribution in [0.1, 0.15) is 5.56 Å². The lowest BCUT2D eigenvalue weighted by molar-refractivity contribution is 0.543. The van der Waals surface area contributed by atoms with Gasteiger partial charge in [0, 0.05) is 12.6 Å². The Balaban J connectivity index is 2.43. The highest BCUT2D eigenvalue weighted by Crippen LogP contribution is 2.28. The summed E-state index contributed by atoms with van der Waals surface area (Å²) in [6.45, 7) is 5.33. The van der Waals surface area contributed by atoms with Crippen LogP contribution in [0.25, 0.3) is 0 Å². The first kappa shape index (κ1) is 17.1. The predicted octanol–water partition coefficient (Wildman–Crippen LogP) is 0.849. The second-order valence-corrected chi connectivity index (χ2v) is 9.66. The Hall–Kier alpha value is -1.25. The van der Waals surface area contributed by atoms with E-state index in [1.54, 1.807) is 0 Å². The van der Waals surface area contributed by atoms with E-state index in [1.165, 1.54) is 19.1 Å². The number of hydrogen-bond donors (Lipinski definition) is 1. The van der Waals surface area contributed by atoms with Crippen LogP contribution in [-0.2, 0) is 19.7 Å². The molecule has 0 amide bonds. The third-order valence-corrected chi connectivity index (χ3v) is 7.98. The van der Waals surface area contributed by atoms with E-state index in [9.17, 15) is 21.2 Å². The summed E-state index contributed by atoms with van der Waals surface area (Å²) in [7, 11) is -7.32. The highest BCUT2D eigenvalue weighted by Gasteiger charge is 2.45. The van der Waals surface area contributed by atoms with Crippen molar-refractivity contribution in [3.05, 3.63) is 42.2 Å². The van der Waals surface area contributed by atoms with E-state index < -0.39 is 42.5 Å². The Bertz CT molecular complexity index is 787. The number of rotatable bonds is 5. The molecule has 1 N–H and O–H groups in total. The minimum atomic E-state index is -3.88. The van der Waals surface area contributed by atoms with E-state index in [4.69, 9.17) is 0 Å². The third-order valence-electron chi connectivity index (χ3n) is 3.67. The summed E-state index contributed by atoms with van der Waals surface area (Å²) in [6.07, 6.45) is 1.54. The maximum absolute atomic E-state index is 13.2. The molecule has 1 heterocycles. The molecule has 1 aliphatic rings. The average molecular weight is 347 g/mol. The van der Waals surface area contributed by atoms with Crippen molar-refractivity contribution in [1.29, 1.82) is 0 Å². The fraction of sp³-hybridized carbons (Fsp3) is 0.429. The zero-order chi connectivity index (χ0) is 16.5. The van der Waals surface area contributed by atoms with Crippen LogP contribution >= 0.6 is 0 Å². The SMILES string of the molecule is C=CCN[C@H]1CS(=O)(=O)C[C@@H]1S(=O)(=O)c1ccc(F)cc1C. The van der Waals surface area contributed by atoms with Crippen LogP contribution < -0.4 is 5.32 Å². The van der Waals surface area contributed by atoms with Crippen LogP contribution in [0.5, 0.6) is 0 Å². The summed E-state index contributed by atoms with van der Waals surface area (Å²) < 4.78 is 62.4. The largest absolute Gasteiger partial charge is 0.308 e. The van der Waals surface area contributed by atoms with Gasteiger partial charge in [0.05, 0.1) is 21.7 Å². The molecule has 8 heteroatoms. The Kier molecular flexibility index (Phi) is 4.74. The standard InChI is InChI=1S/C14H18FNO4S2/c1-3-6-16-12-8-21(17,18)9-14(12)22(19,20)13-5-4-11(15)7-10(13)2/h3-5,7,12,14,16H,1,6,8-9H2,2H3/t12-,14-/m0/s1. The Morgan fingerprint density at radius 2 is 2.09 bits per heavy atom. The second-order valence-electron chi connectivity index (χ2n) is 5.37. The first-order chi connectivity index (χ1) is 10.2. The van der Waals surface area contributed by atoms with Crippen molar-refractivity contribution in [1.82, 2.24) is 5.32 Å². The monoisotopic (exact) mass is 347 g/mol. The molecule has 22 heavy (non-hydrogen) atoms. The highest BCUT2D eigenvalue weighted by atomic mass is 32.2. The van der Waals surface area contributed by atoms with Gasteiger partial charge in [-0.3, -0.25) is 0 Å². The molecule has 1 saturated heterocycles. The normalized spacial score (nSPS) is 24.3. The second kappa shape index (κ2) is 6.10. The number of hydrogen-bond acceptors (Lipinski definition) is 5. The van der Waals surface area contributed by atoms with Crippen LogP contribution in [0.2, 0.25) is 0 Å². The number of halogens is 1. The fourth-order valence-electron chi connectivity index (χ4n) is 2.64. The summed E-state index contributed by atoms with van der Waals surface area (Å²) >= 11 is 0. The van der Waals surface area contributed by atoms with Crippen molar-refractivity contribution < 1.29 is 21.2 Å². The molecule has 5 nitrogen and oxygen atoms in total. The lowest BCUT2D eigenvalue weighted by Gasteiger charge is -2.20. The molecular weight excluding hydrogens is 329 g/mol. The topological polar surface area (TPSA) is 80.3 Å². The molecule has 0 aromatic heterocycles. The van der Waals surface area contributed by atoms with Gasteiger partial charge in [0.25, 0.3) is 0 Å². The van der Waals surface area contributed by atoms with Crippen molar-refractivity contribution in [2.75, 3.05) is 18.1 Å². The van der Waals surface area contributed by atoms with Gasteiger partial charge in [0.15, 0.2) is 19.7 Å². The van der Waals surface area contributed by atoms with Gasteiger partial charge < -0.3 is 5.32 Å². The van der Waals surface area contributed by atoms with Gasteiger partial charge in [-0.05, 0) is 30.7 Å². The summed E-state index contributed by atoms with van der Waals surface area (Å²) in [5, 5.41) is 1.81. The van der Waals surface area contributed by atoms with Gasteiger partial charge >= 0.3 is 0 Å². The van der Waals surface area contributed by atoms with E-state index in [2.05, 4.69) is 11.9 Å². The maximum atomic E-state index is 13.2. The molecule has 2 rings (SSSR count). The summed E-state index contributed by atoms with van der Waals surface area (Å²) in [4.78, 5) is -0.0265. The third kappa shape index (κ3) is 3.39. The van der Waals surface area contributed by atoms with Crippen LogP contribution in [0, 0.1) is 12.7 Å². The highest BCUT2D eigenvalue weighted by molar-refractivity contribution is 7.96. The molecule has 0 unspecified atom stereocenters. The molecule has 1 fully saturated rings. The first-order valence-corrected chi connectivity index (χ1v) is 10.1. The lowest BCUT2D eigenvalue weighted by Crippen LogP contribution is -2.43. The molecular formula is C14H18FNO4S2. The number of aryl methyl sites for hydroxylation is 1. The van der Waals surface area contributed by atoms with Crippen LogP contribution in [0.3, 0.4) is 0 Å². The van der Waals surface area contributed by atoms with E-state index >= 15 is 0 Å². The molecule has 0 radical (unpaired) electrons. The Morgan fingerprint density at radius 3 is 2.68 bits per heavy atom. The summed E-state index contributed by atoms with van der Waals surface area (Å²) in [5.74, 6) is -1.19. The Labute approximate surface area is 130 Å². The van der Waals surface area contributed by atoms with Crippen molar-refractivity contribution in [3.63, 3.8) is 0 Å². The molecule has 0 aliphatic carbocycles. The van der Waals surface area contributed by atoms with Gasteiger partial charge in [-0.15, -0.1) is 6.58 Å². The molecule has 122 valence electrons. The van der Waals surface area contributed by atoms with Gasteiger partial charge in [-0.2, -0.15) is 0 Å². The molecule has 0 spiro atoms. The number of benzene rings is 1. The number of sulfone groups is 2. The van der Waals surface area contributed by atoms with Crippen molar-refractivity contribution in [3.8, 4) is 0 Å². The van der Waals surface area contributed by atoms with Crippen molar-refractivity contribution in [2.45, 2.75) is 23.1 Å². The first-order valence-electron chi connectivity index (χ1n) is 6.72. The van der Waals surface area contributed by atoms with Gasteiger partial charge in [-0.25, -0.2) is 21.2 Å². The van der Waals surface area contributed by atoms with Crippen LogP contribution in [-0.4, -0.2) is 46.2 Å². The van der Waals surface area contributed by atoms with Gasteiger partial charge in [0.2, 0.25) is 0 Å². The van der Waals surface area contributed by atoms with Crippen LogP contribution in [0.4, 0.5) is 4.39 Å². The van der Waals surface area contributed by atoms with Crippen molar-refractivity contribution >= 4 is 19.7 Å². The molecule has 1 aromatic rings. The van der Waals surface area contributed by atoms with Gasteiger partial charge in [0.1, 0.15) is 5.82 Å². The molecule has 1 aliphatic heterocycles. The lowest BCUT2D eigenvalue weighted by atomic mass is 10.2. The van der Waals surface area contributed by atoms with E-state index in [1.807, 2.05) is 0 Å². The van der Waals surface area contributed by atoms with Crippen LogP contribution in [0.15, 0.2) is 35.7 Å². The minimum Gasteiger partial charge on any atom is -0.308 e. The zero-order valence-electron chi connectivity index (χ0n) is 12.1. The molecule has 1 aromatic carbocycles. The van der Waals surface area contributed by atoms with E-state index in [0.29, 0.717) is 6.54 Å². The summed E-state index contributed by atoms with van der Waals surface area (Å²) in [5.41, 5.74) is 0.270.